The van der Waals surface area contributed by atoms with E-state index in [-0.39, 0.29) is 29.7 Å². The van der Waals surface area contributed by atoms with Crippen molar-refractivity contribution in [3.63, 3.8) is 0 Å². The van der Waals surface area contributed by atoms with Gasteiger partial charge in [-0.1, -0.05) is 0 Å². The highest BCUT2D eigenvalue weighted by molar-refractivity contribution is 14.0. The lowest BCUT2D eigenvalue weighted by Gasteiger charge is -1.89. The first kappa shape index (κ1) is 10.8. The lowest BCUT2D eigenvalue weighted by molar-refractivity contribution is -0.384. The summed E-state index contributed by atoms with van der Waals surface area (Å²) in [4.78, 5) is 9.70. The van der Waals surface area contributed by atoms with E-state index in [1.807, 2.05) is 0 Å². The van der Waals surface area contributed by atoms with Crippen molar-refractivity contribution in [2.24, 2.45) is 0 Å². The van der Waals surface area contributed by atoms with Crippen molar-refractivity contribution < 1.29 is 4.92 Å². The molecule has 0 saturated carbocycles. The number of nitro benzene ring substituents is 1. The molecule has 1 aromatic rings. The van der Waals surface area contributed by atoms with Crippen molar-refractivity contribution in [3.8, 4) is 0 Å². The molecule has 0 aliphatic heterocycles. The third-order valence-corrected chi connectivity index (χ3v) is 1.49. The summed E-state index contributed by atoms with van der Waals surface area (Å²) in [7, 11) is 2.46. The van der Waals surface area contributed by atoms with Crippen LogP contribution in [0.4, 0.5) is 5.69 Å². The predicted molar refractivity (Wildman–Crippen MR) is 57.9 cm³/mol. The summed E-state index contributed by atoms with van der Waals surface area (Å²) in [6.45, 7) is 0. The van der Waals surface area contributed by atoms with Crippen LogP contribution in [-0.2, 0) is 0 Å². The summed E-state index contributed by atoms with van der Waals surface area (Å²) >= 11 is 0. The molecule has 0 bridgehead atoms. The van der Waals surface area contributed by atoms with Crippen molar-refractivity contribution in [1.82, 2.24) is 0 Å². The number of non-ortho nitro benzene ring substituents is 1. The predicted octanol–water partition coefficient (Wildman–Crippen LogP) is 1.71. The van der Waals surface area contributed by atoms with Gasteiger partial charge in [0.2, 0.25) is 0 Å². The molecule has 1 atom stereocenters. The Bertz CT molecular complexity index is 249. The zero-order valence-corrected chi connectivity index (χ0v) is 9.04. The van der Waals surface area contributed by atoms with Crippen molar-refractivity contribution in [3.05, 3.63) is 34.4 Å². The van der Waals surface area contributed by atoms with Crippen LogP contribution in [0.3, 0.4) is 0 Å². The molecule has 1 aromatic carbocycles. The Balaban J connectivity index is 0.000001000. The van der Waals surface area contributed by atoms with E-state index in [0.29, 0.717) is 0 Å². The Morgan fingerprint density at radius 3 is 2.09 bits per heavy atom. The first-order valence-corrected chi connectivity index (χ1v) is 3.28. The first-order chi connectivity index (χ1) is 4.70. The van der Waals surface area contributed by atoms with Crippen LogP contribution in [0.15, 0.2) is 24.3 Å². The Morgan fingerprint density at radius 1 is 1.27 bits per heavy atom. The number of halogens is 1. The van der Waals surface area contributed by atoms with Crippen LogP contribution in [-0.4, -0.2) is 4.92 Å². The second kappa shape index (κ2) is 4.62. The summed E-state index contributed by atoms with van der Waals surface area (Å²) in [6, 6.07) is 6.32. The average Bonchev–Trinajstić information content (AvgIpc) is 1.88. The van der Waals surface area contributed by atoms with Crippen LogP contribution in [0.25, 0.3) is 0 Å². The Hall–Kier alpha value is -0.220. The summed E-state index contributed by atoms with van der Waals surface area (Å²) in [5, 5.41) is 11.1. The van der Waals surface area contributed by atoms with Gasteiger partial charge in [0.25, 0.3) is 5.69 Å². The topological polar surface area (TPSA) is 43.1 Å². The molecule has 3 nitrogen and oxygen atoms in total. The number of hydrogen-bond acceptors (Lipinski definition) is 2. The van der Waals surface area contributed by atoms with Gasteiger partial charge in [0, 0.05) is 12.1 Å². The molecule has 1 rings (SSSR count). The molecule has 0 fully saturated rings. The van der Waals surface area contributed by atoms with Crippen LogP contribution >= 0.6 is 33.2 Å². The first-order valence-electron chi connectivity index (χ1n) is 2.70. The minimum atomic E-state index is -0.413. The largest absolute Gasteiger partial charge is 0.269 e. The lowest BCUT2D eigenvalue weighted by Crippen LogP contribution is -1.91. The molecule has 0 saturated heterocycles. The summed E-state index contributed by atoms with van der Waals surface area (Å²) in [6.07, 6.45) is 0. The standard InChI is InChI=1S/C6H6NO2P.HI/c8-7(9)5-1-3-6(10)4-2-5;/h1-4H,10H2;1H. The van der Waals surface area contributed by atoms with E-state index in [0.717, 1.165) is 5.30 Å². The fraction of sp³-hybridized carbons (Fsp3) is 0. The highest BCUT2D eigenvalue weighted by Crippen LogP contribution is 2.07. The summed E-state index contributed by atoms with van der Waals surface area (Å²) in [5.74, 6) is 0. The second-order valence-corrected chi connectivity index (χ2v) is 2.52. The maximum Gasteiger partial charge on any atom is 0.269 e. The maximum absolute atomic E-state index is 10.1. The van der Waals surface area contributed by atoms with Gasteiger partial charge in [-0.25, -0.2) is 0 Å². The average molecular weight is 283 g/mol. The van der Waals surface area contributed by atoms with E-state index >= 15 is 0 Å². The van der Waals surface area contributed by atoms with E-state index in [1.165, 1.54) is 12.1 Å². The minimum Gasteiger partial charge on any atom is -0.258 e. The van der Waals surface area contributed by atoms with Crippen LogP contribution in [0.2, 0.25) is 0 Å². The van der Waals surface area contributed by atoms with E-state index in [9.17, 15) is 10.1 Å². The monoisotopic (exact) mass is 283 g/mol. The Kier molecular flexibility index (Phi) is 4.52. The Labute approximate surface area is 83.6 Å². The van der Waals surface area contributed by atoms with E-state index in [1.54, 1.807) is 12.1 Å². The normalized spacial score (nSPS) is 8.45. The van der Waals surface area contributed by atoms with Crippen molar-refractivity contribution >= 4 is 44.2 Å². The van der Waals surface area contributed by atoms with Crippen LogP contribution in [0.1, 0.15) is 0 Å². The van der Waals surface area contributed by atoms with Crippen molar-refractivity contribution in [2.45, 2.75) is 0 Å². The van der Waals surface area contributed by atoms with E-state index in [4.69, 9.17) is 0 Å². The van der Waals surface area contributed by atoms with Gasteiger partial charge in [-0.05, 0) is 17.4 Å². The lowest BCUT2D eigenvalue weighted by atomic mass is 10.3. The summed E-state index contributed by atoms with van der Waals surface area (Å²) < 4.78 is 0. The SMILES string of the molecule is I.O=[N+]([O-])c1ccc(P)cc1. The van der Waals surface area contributed by atoms with Crippen LogP contribution < -0.4 is 5.30 Å². The highest BCUT2D eigenvalue weighted by Gasteiger charge is 2.00. The second-order valence-electron chi connectivity index (χ2n) is 1.85. The molecule has 0 amide bonds. The number of nitro groups is 1. The van der Waals surface area contributed by atoms with Gasteiger partial charge in [0.15, 0.2) is 0 Å². The van der Waals surface area contributed by atoms with Gasteiger partial charge in [-0.3, -0.25) is 10.1 Å². The third-order valence-electron chi connectivity index (χ3n) is 1.10. The molecule has 0 spiro atoms. The van der Waals surface area contributed by atoms with E-state index in [2.05, 4.69) is 9.24 Å². The van der Waals surface area contributed by atoms with Crippen LogP contribution in [0.5, 0.6) is 0 Å². The molecule has 0 heterocycles. The zero-order chi connectivity index (χ0) is 7.56. The van der Waals surface area contributed by atoms with Gasteiger partial charge >= 0.3 is 0 Å². The van der Waals surface area contributed by atoms with Crippen molar-refractivity contribution in [1.29, 1.82) is 0 Å². The van der Waals surface area contributed by atoms with Gasteiger partial charge in [-0.15, -0.1) is 33.2 Å². The third kappa shape index (κ3) is 3.12. The number of rotatable bonds is 1. The molecule has 60 valence electrons. The molecular weight excluding hydrogens is 276 g/mol. The smallest absolute Gasteiger partial charge is 0.258 e. The van der Waals surface area contributed by atoms with Gasteiger partial charge in [0.05, 0.1) is 4.92 Å². The molecular formula is C6H7INO2P. The number of hydrogen-bond donors (Lipinski definition) is 0. The fourth-order valence-corrected chi connectivity index (χ4v) is 0.788. The zero-order valence-electron chi connectivity index (χ0n) is 5.56. The minimum absolute atomic E-state index is 0. The fourth-order valence-electron chi connectivity index (χ4n) is 0.596. The molecule has 0 N–H and O–H groups in total. The number of nitrogens with zero attached hydrogens (tertiary/aromatic N) is 1. The molecule has 1 unspecified atom stereocenters. The highest BCUT2D eigenvalue weighted by atomic mass is 127. The molecule has 11 heavy (non-hydrogen) atoms. The van der Waals surface area contributed by atoms with Gasteiger partial charge in [0.1, 0.15) is 0 Å². The molecule has 0 radical (unpaired) electrons. The Morgan fingerprint density at radius 2 is 1.73 bits per heavy atom. The quantitative estimate of drug-likeness (QED) is 0.341. The molecule has 5 heteroatoms. The maximum atomic E-state index is 10.1. The summed E-state index contributed by atoms with van der Waals surface area (Å²) in [5.41, 5.74) is 0.131. The molecule has 0 aliphatic carbocycles. The van der Waals surface area contributed by atoms with E-state index < -0.39 is 4.92 Å². The number of benzene rings is 1. The van der Waals surface area contributed by atoms with Gasteiger partial charge < -0.3 is 0 Å². The van der Waals surface area contributed by atoms with Crippen molar-refractivity contribution in [2.75, 3.05) is 0 Å². The molecule has 0 aromatic heterocycles. The van der Waals surface area contributed by atoms with Crippen LogP contribution in [0, 0.1) is 10.1 Å². The molecule has 0 aliphatic rings. The van der Waals surface area contributed by atoms with Gasteiger partial charge in [-0.2, -0.15) is 0 Å².